The Balaban J connectivity index is 1.25. The van der Waals surface area contributed by atoms with E-state index in [-0.39, 0.29) is 38.9 Å². The first kappa shape index (κ1) is 31.7. The summed E-state index contributed by atoms with van der Waals surface area (Å²) in [5.41, 5.74) is 0.848. The molecule has 0 unspecified atom stereocenters. The fraction of sp³-hybridized carbons (Fsp3) is 0.385. The molecule has 13 nitrogen and oxygen atoms in total. The van der Waals surface area contributed by atoms with Gasteiger partial charge in [-0.1, -0.05) is 12.1 Å². The number of hydrogen-bond donors (Lipinski definition) is 6. The van der Waals surface area contributed by atoms with Crippen LogP contribution in [0.3, 0.4) is 0 Å². The average Bonchev–Trinajstić information content (AvgIpc) is 3.79. The molecule has 0 amide bonds. The number of aromatic nitrogens is 1. The quantitative estimate of drug-likeness (QED) is 0.152. The molecule has 17 heteroatoms. The lowest BCUT2D eigenvalue weighted by Gasteiger charge is -2.37. The van der Waals surface area contributed by atoms with Gasteiger partial charge in [-0.2, -0.15) is 0 Å². The number of nitrogens with zero attached hydrogens (tertiary/aromatic N) is 3. The number of pyridine rings is 1. The van der Waals surface area contributed by atoms with Crippen molar-refractivity contribution in [3.05, 3.63) is 69.8 Å². The third kappa shape index (κ3) is 6.28. The lowest BCUT2D eigenvalue weighted by atomic mass is 10.1. The van der Waals surface area contributed by atoms with E-state index in [1.54, 1.807) is 17.2 Å². The molecule has 2 heterocycles. The van der Waals surface area contributed by atoms with Gasteiger partial charge in [0.25, 0.3) is 10.3 Å². The van der Waals surface area contributed by atoms with Crippen molar-refractivity contribution in [3.63, 3.8) is 0 Å². The Morgan fingerprint density at radius 1 is 1.02 bits per heavy atom. The molecule has 1 saturated heterocycles. The number of fused-ring (bicyclic) bond motifs is 1. The normalized spacial score (nSPS) is 16.5. The Kier molecular flexibility index (Phi) is 8.60. The van der Waals surface area contributed by atoms with E-state index in [1.807, 2.05) is 9.47 Å². The summed E-state index contributed by atoms with van der Waals surface area (Å²) in [6.07, 6.45) is 2.54. The summed E-state index contributed by atoms with van der Waals surface area (Å²) in [7, 11) is -11.2. The zero-order valence-electron chi connectivity index (χ0n) is 22.6. The third-order valence-electron chi connectivity index (χ3n) is 7.67. The van der Waals surface area contributed by atoms with E-state index < -0.39 is 39.1 Å². The van der Waals surface area contributed by atoms with E-state index in [9.17, 15) is 43.7 Å². The van der Waals surface area contributed by atoms with Crippen LogP contribution in [0.25, 0.3) is 10.9 Å². The van der Waals surface area contributed by atoms with Gasteiger partial charge >= 0.3 is 15.2 Å². The van der Waals surface area contributed by atoms with Crippen LogP contribution in [0, 0.1) is 5.82 Å². The molecule has 2 aromatic carbocycles. The number of anilines is 1. The molecule has 232 valence electrons. The molecular formula is C26H30FN3O10P2S. The smallest absolute Gasteiger partial charge is 0.369 e. The first-order valence-corrected chi connectivity index (χ1v) is 16.9. The number of halogens is 1. The van der Waals surface area contributed by atoms with Crippen LogP contribution in [0.4, 0.5) is 10.1 Å². The highest BCUT2D eigenvalue weighted by atomic mass is 32.1. The summed E-state index contributed by atoms with van der Waals surface area (Å²) >= 11 is 5.42. The molecular weight excluding hydrogens is 627 g/mol. The van der Waals surface area contributed by atoms with Crippen molar-refractivity contribution in [2.75, 3.05) is 31.1 Å². The zero-order chi connectivity index (χ0) is 31.3. The summed E-state index contributed by atoms with van der Waals surface area (Å²) in [4.78, 5) is 53.8. The van der Waals surface area contributed by atoms with Gasteiger partial charge in [-0.15, -0.1) is 0 Å². The summed E-state index contributed by atoms with van der Waals surface area (Å²) in [5.74, 6) is -0.299. The van der Waals surface area contributed by atoms with Crippen LogP contribution < -0.4 is 15.1 Å². The van der Waals surface area contributed by atoms with Crippen molar-refractivity contribution in [1.82, 2.24) is 9.47 Å². The van der Waals surface area contributed by atoms with Crippen LogP contribution in [-0.4, -0.2) is 75.7 Å². The predicted octanol–water partition coefficient (Wildman–Crippen LogP) is 2.00. The van der Waals surface area contributed by atoms with E-state index in [0.29, 0.717) is 37.4 Å². The maximum absolute atomic E-state index is 15.3. The molecule has 6 N–H and O–H groups in total. The maximum atomic E-state index is 15.3. The van der Waals surface area contributed by atoms with Crippen LogP contribution in [0.15, 0.2) is 47.4 Å². The van der Waals surface area contributed by atoms with Gasteiger partial charge in [0.2, 0.25) is 0 Å². The molecule has 1 saturated carbocycles. The molecule has 43 heavy (non-hydrogen) atoms. The van der Waals surface area contributed by atoms with Crippen molar-refractivity contribution < 1.29 is 48.0 Å². The second-order valence-corrected chi connectivity index (χ2v) is 15.0. The number of piperazine rings is 1. The Bertz CT molecular complexity index is 1690. The van der Waals surface area contributed by atoms with Crippen molar-refractivity contribution in [2.24, 2.45) is 0 Å². The van der Waals surface area contributed by atoms with E-state index in [0.717, 1.165) is 12.8 Å². The number of benzene rings is 2. The number of rotatable bonds is 8. The monoisotopic (exact) mass is 657 g/mol. The van der Waals surface area contributed by atoms with Gasteiger partial charge in [-0.05, 0) is 54.9 Å². The second-order valence-electron chi connectivity index (χ2n) is 10.6. The lowest BCUT2D eigenvalue weighted by Crippen LogP contribution is -2.49. The highest BCUT2D eigenvalue weighted by Crippen LogP contribution is 2.68. The van der Waals surface area contributed by atoms with Crippen LogP contribution in [0.2, 0.25) is 0 Å². The van der Waals surface area contributed by atoms with Crippen LogP contribution in [0.5, 0.6) is 5.75 Å². The first-order chi connectivity index (χ1) is 20.1. The Hall–Kier alpha value is -2.71. The fourth-order valence-electron chi connectivity index (χ4n) is 5.05. The standard InChI is InChI=1S/C26H30FN3O10P2S/c27-21-11-20-22(30(18-3-4-18)14-17(15-31)24(20)32)12-23(21)28-7-9-29(10-8-28)25(43)40-19-5-1-16(2-6-19)13-26(33,41(34,35)36)42(37,38)39/h1-2,5-6,11-12,14,18,31,33H,3-4,7-10,13,15H2,(H2,34,35,36)(H2,37,38,39). The zero-order valence-corrected chi connectivity index (χ0v) is 25.2. The largest absolute Gasteiger partial charge is 0.432 e. The van der Waals surface area contributed by atoms with E-state index >= 15 is 4.39 Å². The Morgan fingerprint density at radius 2 is 1.63 bits per heavy atom. The number of ether oxygens (including phenoxy) is 1. The first-order valence-electron chi connectivity index (χ1n) is 13.3. The molecule has 1 aliphatic carbocycles. The second kappa shape index (κ2) is 11.7. The molecule has 5 rings (SSSR count). The summed E-state index contributed by atoms with van der Waals surface area (Å²) < 4.78 is 46.2. The SMILES string of the molecule is O=c1c(CO)cn(C2CC2)c2cc(N3CCN(C(=S)Oc4ccc(CC(O)(P(=O)(O)O)P(=O)(O)O)cc4)CC3)c(F)cc12. The number of aliphatic hydroxyl groups is 2. The van der Waals surface area contributed by atoms with Crippen molar-refractivity contribution in [2.45, 2.75) is 37.0 Å². The van der Waals surface area contributed by atoms with E-state index in [4.69, 9.17) is 17.0 Å². The minimum Gasteiger partial charge on any atom is -0.432 e. The number of thiocarbonyl (C=S) groups is 1. The van der Waals surface area contributed by atoms with Crippen LogP contribution >= 0.6 is 27.4 Å². The van der Waals surface area contributed by atoms with Gasteiger partial charge in [-0.3, -0.25) is 13.9 Å². The molecule has 2 aliphatic rings. The van der Waals surface area contributed by atoms with Crippen LogP contribution in [-0.2, 0) is 22.2 Å². The lowest BCUT2D eigenvalue weighted by molar-refractivity contribution is 0.131. The van der Waals surface area contributed by atoms with Crippen molar-refractivity contribution in [1.29, 1.82) is 0 Å². The summed E-state index contributed by atoms with van der Waals surface area (Å²) in [5, 5.41) is 16.5. The number of hydrogen-bond acceptors (Lipinski definition) is 8. The predicted molar refractivity (Wildman–Crippen MR) is 159 cm³/mol. The van der Waals surface area contributed by atoms with Crippen molar-refractivity contribution in [3.8, 4) is 5.75 Å². The molecule has 0 radical (unpaired) electrons. The highest BCUT2D eigenvalue weighted by Gasteiger charge is 2.59. The summed E-state index contributed by atoms with van der Waals surface area (Å²) in [6.45, 7) is 1.17. The van der Waals surface area contributed by atoms with Gasteiger partial charge in [0.15, 0.2) is 5.43 Å². The van der Waals surface area contributed by atoms with Gasteiger partial charge in [0.05, 0.1) is 17.8 Å². The average molecular weight is 658 g/mol. The van der Waals surface area contributed by atoms with Gasteiger partial charge in [0, 0.05) is 55.8 Å². The van der Waals surface area contributed by atoms with E-state index in [2.05, 4.69) is 0 Å². The number of aliphatic hydroxyl groups excluding tert-OH is 1. The van der Waals surface area contributed by atoms with Crippen molar-refractivity contribution >= 4 is 49.2 Å². The van der Waals surface area contributed by atoms with Crippen LogP contribution in [0.1, 0.15) is 30.0 Å². The molecule has 0 spiro atoms. The summed E-state index contributed by atoms with van der Waals surface area (Å²) in [6, 6.07) is 8.45. The Morgan fingerprint density at radius 3 is 2.16 bits per heavy atom. The fourth-order valence-corrected chi connectivity index (χ4v) is 7.46. The molecule has 1 aliphatic heterocycles. The minimum absolute atomic E-state index is 0.0399. The molecule has 3 aromatic rings. The van der Waals surface area contributed by atoms with E-state index in [1.165, 1.54) is 30.3 Å². The van der Waals surface area contributed by atoms with Gasteiger partial charge in [0.1, 0.15) is 11.6 Å². The molecule has 2 fully saturated rings. The topological polar surface area (TPSA) is 193 Å². The maximum Gasteiger partial charge on any atom is 0.369 e. The van der Waals surface area contributed by atoms with Gasteiger partial charge in [-0.25, -0.2) is 4.39 Å². The Labute approximate surface area is 250 Å². The molecule has 1 aromatic heterocycles. The third-order valence-corrected chi connectivity index (χ3v) is 11.8. The molecule has 0 atom stereocenters. The van der Waals surface area contributed by atoms with Gasteiger partial charge < -0.3 is 48.9 Å². The minimum atomic E-state index is -5.60. The molecule has 0 bridgehead atoms. The highest BCUT2D eigenvalue weighted by molar-refractivity contribution is 7.80.